The summed E-state index contributed by atoms with van der Waals surface area (Å²) in [5.41, 5.74) is 0.371. The van der Waals surface area contributed by atoms with Crippen LogP contribution in [-0.2, 0) is 4.79 Å². The Kier molecular flexibility index (Phi) is 7.93. The van der Waals surface area contributed by atoms with Crippen LogP contribution in [0.1, 0.15) is 52.4 Å². The maximum absolute atomic E-state index is 13.0. The van der Waals surface area contributed by atoms with Crippen molar-refractivity contribution in [2.45, 2.75) is 58.5 Å². The molecular formula is C26H35FO4. The van der Waals surface area contributed by atoms with Crippen LogP contribution in [0.4, 0.5) is 4.39 Å². The van der Waals surface area contributed by atoms with E-state index in [2.05, 4.69) is 32.1 Å². The molecule has 2 N–H and O–H groups in total. The minimum absolute atomic E-state index is 0.140. The highest BCUT2D eigenvalue weighted by molar-refractivity contribution is 5.66. The number of carbonyl (C=O) groups is 1. The summed E-state index contributed by atoms with van der Waals surface area (Å²) in [6.45, 7) is 4.89. The summed E-state index contributed by atoms with van der Waals surface area (Å²) >= 11 is 0. The first-order valence-corrected chi connectivity index (χ1v) is 11.4. The van der Waals surface area contributed by atoms with E-state index in [0.29, 0.717) is 35.3 Å². The molecule has 5 heteroatoms. The molecule has 4 nitrogen and oxygen atoms in total. The van der Waals surface area contributed by atoms with E-state index in [0.717, 1.165) is 25.2 Å². The van der Waals surface area contributed by atoms with Gasteiger partial charge in [0.25, 0.3) is 0 Å². The molecule has 0 aromatic heterocycles. The third-order valence-corrected chi connectivity index (χ3v) is 7.32. The van der Waals surface area contributed by atoms with Crippen molar-refractivity contribution in [3.05, 3.63) is 54.4 Å². The van der Waals surface area contributed by atoms with Gasteiger partial charge in [0.2, 0.25) is 0 Å². The van der Waals surface area contributed by atoms with Crippen LogP contribution in [0.2, 0.25) is 0 Å². The molecule has 1 aromatic carbocycles. The van der Waals surface area contributed by atoms with Crippen LogP contribution in [0.25, 0.3) is 0 Å². The standard InChI is InChI=1S/C26H35FO4/c1-26(2)19-15-18(9-12-21(28)17-31-22-13-10-20(27)11-14-22)23(24(26)16-19)7-5-3-4-6-8-25(29)30/h3,5,9-14,18-19,21,23-24,28H,4,6-8,15-17H2,1-2H3,(H,29,30)/b5-3-,12-9+/t18?,19-,21-,23-,24-/m1/s1. The lowest BCUT2D eigenvalue weighted by molar-refractivity contribution is -0.137. The summed E-state index contributed by atoms with van der Waals surface area (Å²) in [5.74, 6) is 1.87. The van der Waals surface area contributed by atoms with Gasteiger partial charge in [-0.25, -0.2) is 4.39 Å². The molecule has 3 fully saturated rings. The number of benzene rings is 1. The molecule has 1 unspecified atom stereocenters. The molecule has 3 aliphatic rings. The number of unbranched alkanes of at least 4 members (excludes halogenated alkanes) is 1. The second-order valence-corrected chi connectivity index (χ2v) is 9.63. The first-order chi connectivity index (χ1) is 14.8. The van der Waals surface area contributed by atoms with Crippen molar-refractivity contribution in [1.29, 1.82) is 0 Å². The molecule has 0 saturated heterocycles. The highest BCUT2D eigenvalue weighted by atomic mass is 19.1. The fourth-order valence-corrected chi connectivity index (χ4v) is 5.33. The van der Waals surface area contributed by atoms with Gasteiger partial charge in [-0.1, -0.05) is 38.2 Å². The average Bonchev–Trinajstić information content (AvgIpc) is 2.74. The Labute approximate surface area is 184 Å². The smallest absolute Gasteiger partial charge is 0.303 e. The van der Waals surface area contributed by atoms with E-state index in [1.54, 1.807) is 12.1 Å². The Morgan fingerprint density at radius 1 is 1.26 bits per heavy atom. The molecule has 5 atom stereocenters. The van der Waals surface area contributed by atoms with Gasteiger partial charge in [0.1, 0.15) is 24.3 Å². The largest absolute Gasteiger partial charge is 0.491 e. The number of carboxylic acid groups (broad SMARTS) is 1. The summed E-state index contributed by atoms with van der Waals surface area (Å²) in [7, 11) is 0. The molecule has 4 rings (SSSR count). The molecule has 3 aliphatic carbocycles. The molecule has 170 valence electrons. The number of allylic oxidation sites excluding steroid dienone is 3. The number of fused-ring (bicyclic) bond motifs is 2. The predicted octanol–water partition coefficient (Wildman–Crippen LogP) is 5.62. The average molecular weight is 431 g/mol. The van der Waals surface area contributed by atoms with Crippen molar-refractivity contribution in [3.8, 4) is 5.75 Å². The maximum Gasteiger partial charge on any atom is 0.303 e. The fourth-order valence-electron chi connectivity index (χ4n) is 5.33. The normalized spacial score (nSPS) is 27.9. The second-order valence-electron chi connectivity index (χ2n) is 9.63. The molecule has 31 heavy (non-hydrogen) atoms. The summed E-state index contributed by atoms with van der Waals surface area (Å²) in [6.07, 6.45) is 12.7. The monoisotopic (exact) mass is 430 g/mol. The van der Waals surface area contributed by atoms with Gasteiger partial charge in [0.05, 0.1) is 0 Å². The number of ether oxygens (including phenoxy) is 1. The third-order valence-electron chi connectivity index (χ3n) is 7.32. The highest BCUT2D eigenvalue weighted by Gasteiger charge is 2.56. The zero-order valence-electron chi connectivity index (χ0n) is 18.5. The van der Waals surface area contributed by atoms with Gasteiger partial charge in [-0.05, 0) is 85.5 Å². The van der Waals surface area contributed by atoms with Gasteiger partial charge >= 0.3 is 5.97 Å². The molecule has 0 spiro atoms. The number of aliphatic hydroxyl groups excluding tert-OH is 1. The van der Waals surface area contributed by atoms with Gasteiger partial charge < -0.3 is 14.9 Å². The van der Waals surface area contributed by atoms with E-state index in [9.17, 15) is 14.3 Å². The van der Waals surface area contributed by atoms with Crippen LogP contribution in [0, 0.1) is 34.9 Å². The van der Waals surface area contributed by atoms with Crippen molar-refractivity contribution in [2.75, 3.05) is 6.61 Å². The molecule has 0 aliphatic heterocycles. The van der Waals surface area contributed by atoms with E-state index >= 15 is 0 Å². The van der Waals surface area contributed by atoms with Crippen LogP contribution >= 0.6 is 0 Å². The number of hydrogen-bond donors (Lipinski definition) is 2. The third kappa shape index (κ3) is 6.19. The van der Waals surface area contributed by atoms with Crippen molar-refractivity contribution in [1.82, 2.24) is 0 Å². The summed E-state index contributed by atoms with van der Waals surface area (Å²) in [5, 5.41) is 19.1. The van der Waals surface area contributed by atoms with Crippen molar-refractivity contribution in [2.24, 2.45) is 29.1 Å². The van der Waals surface area contributed by atoms with Crippen LogP contribution < -0.4 is 4.74 Å². The van der Waals surface area contributed by atoms with E-state index in [-0.39, 0.29) is 18.8 Å². The van der Waals surface area contributed by atoms with Crippen LogP contribution in [0.15, 0.2) is 48.6 Å². The molecule has 2 bridgehead atoms. The number of aliphatic carboxylic acids is 1. The van der Waals surface area contributed by atoms with Gasteiger partial charge in [0.15, 0.2) is 0 Å². The van der Waals surface area contributed by atoms with E-state index in [4.69, 9.17) is 9.84 Å². The number of hydrogen-bond acceptors (Lipinski definition) is 3. The Balaban J connectivity index is 1.52. The van der Waals surface area contributed by atoms with Gasteiger partial charge in [-0.15, -0.1) is 0 Å². The quantitative estimate of drug-likeness (QED) is 0.353. The van der Waals surface area contributed by atoms with Crippen molar-refractivity contribution in [3.63, 3.8) is 0 Å². The van der Waals surface area contributed by atoms with Gasteiger partial charge in [0, 0.05) is 6.42 Å². The lowest BCUT2D eigenvalue weighted by Gasteiger charge is -2.62. The van der Waals surface area contributed by atoms with Gasteiger partial charge in [-0.3, -0.25) is 4.79 Å². The maximum atomic E-state index is 13.0. The first-order valence-electron chi connectivity index (χ1n) is 11.4. The van der Waals surface area contributed by atoms with Crippen molar-refractivity contribution >= 4 is 5.97 Å². The zero-order valence-corrected chi connectivity index (χ0v) is 18.5. The second kappa shape index (κ2) is 10.4. The zero-order chi connectivity index (χ0) is 22.4. The lowest BCUT2D eigenvalue weighted by atomic mass is 9.43. The van der Waals surface area contributed by atoms with Gasteiger partial charge in [-0.2, -0.15) is 0 Å². The Morgan fingerprint density at radius 3 is 2.68 bits per heavy atom. The van der Waals surface area contributed by atoms with Crippen LogP contribution in [0.3, 0.4) is 0 Å². The summed E-state index contributed by atoms with van der Waals surface area (Å²) in [4.78, 5) is 10.6. The lowest BCUT2D eigenvalue weighted by Crippen LogP contribution is -2.55. The van der Waals surface area contributed by atoms with Crippen LogP contribution in [0.5, 0.6) is 5.75 Å². The van der Waals surface area contributed by atoms with E-state index in [1.807, 2.05) is 6.08 Å². The molecule has 1 aromatic rings. The van der Waals surface area contributed by atoms with Crippen LogP contribution in [-0.4, -0.2) is 28.9 Å². The highest BCUT2D eigenvalue weighted by Crippen LogP contribution is 2.64. The molecule has 0 heterocycles. The topological polar surface area (TPSA) is 66.8 Å². The Bertz CT molecular complexity index is 783. The summed E-state index contributed by atoms with van der Waals surface area (Å²) < 4.78 is 18.5. The minimum Gasteiger partial charge on any atom is -0.491 e. The van der Waals surface area contributed by atoms with E-state index < -0.39 is 12.1 Å². The molecular weight excluding hydrogens is 395 g/mol. The predicted molar refractivity (Wildman–Crippen MR) is 119 cm³/mol. The summed E-state index contributed by atoms with van der Waals surface area (Å²) in [6, 6.07) is 5.80. The fraction of sp³-hybridized carbons (Fsp3) is 0.577. The van der Waals surface area contributed by atoms with Crippen molar-refractivity contribution < 1.29 is 24.1 Å². The Morgan fingerprint density at radius 2 is 2.00 bits per heavy atom. The number of carboxylic acids is 1. The number of aliphatic hydroxyl groups is 1. The molecule has 0 amide bonds. The van der Waals surface area contributed by atoms with E-state index in [1.165, 1.54) is 18.6 Å². The SMILES string of the molecule is CC1(C)[C@@H]2CC(/C=C/[C@@H](O)COc3ccc(F)cc3)[C@@H](C/C=C\CCCC(=O)O)[C@H]1C2. The number of halogens is 1. The number of rotatable bonds is 11. The first kappa shape index (κ1) is 23.5. The Hall–Kier alpha value is -2.14. The molecule has 0 radical (unpaired) electrons. The minimum atomic E-state index is -0.741. The molecule has 3 saturated carbocycles.